The Morgan fingerprint density at radius 3 is 2.67 bits per heavy atom. The van der Waals surface area contributed by atoms with Crippen LogP contribution in [-0.2, 0) is 6.54 Å². The number of nitrogens with zero attached hydrogens (tertiary/aromatic N) is 1. The van der Waals surface area contributed by atoms with Crippen molar-refractivity contribution >= 4 is 11.9 Å². The van der Waals surface area contributed by atoms with Gasteiger partial charge >= 0.3 is 0 Å². The number of allylic oxidation sites excluding steroid dienone is 1. The number of aromatic hydroxyl groups is 1. The summed E-state index contributed by atoms with van der Waals surface area (Å²) in [4.78, 5) is 14.9. The first-order valence-corrected chi connectivity index (χ1v) is 9.01. The maximum Gasteiger partial charge on any atom is 0.231 e. The summed E-state index contributed by atoms with van der Waals surface area (Å²) in [7, 11) is 0. The summed E-state index contributed by atoms with van der Waals surface area (Å²) in [5.41, 5.74) is 1.89. The molecule has 2 aliphatic heterocycles. The summed E-state index contributed by atoms with van der Waals surface area (Å²) in [6, 6.07) is 8.62. The highest BCUT2D eigenvalue weighted by Gasteiger charge is 2.31. The summed E-state index contributed by atoms with van der Waals surface area (Å²) in [5.74, 6) is 1.95. The van der Waals surface area contributed by atoms with Crippen molar-refractivity contribution in [3.8, 4) is 23.0 Å². The van der Waals surface area contributed by atoms with E-state index in [1.165, 1.54) is 0 Å². The molecule has 4 rings (SSSR count). The molecule has 0 atom stereocenters. The number of carbonyl (C=O) groups is 1. The van der Waals surface area contributed by atoms with Crippen molar-refractivity contribution in [2.75, 3.05) is 19.9 Å². The van der Waals surface area contributed by atoms with Crippen LogP contribution in [0, 0.1) is 0 Å². The average molecular weight is 367 g/mol. The summed E-state index contributed by atoms with van der Waals surface area (Å²) in [6.45, 7) is 6.51. The van der Waals surface area contributed by atoms with Crippen LogP contribution in [0.1, 0.15) is 35.3 Å². The fourth-order valence-electron chi connectivity index (χ4n) is 3.27. The molecule has 2 heterocycles. The summed E-state index contributed by atoms with van der Waals surface area (Å²) >= 11 is 0. The molecule has 140 valence electrons. The number of hydrogen-bond acceptors (Lipinski definition) is 6. The molecule has 0 saturated carbocycles. The van der Waals surface area contributed by atoms with E-state index in [-0.39, 0.29) is 24.1 Å². The standard InChI is InChI=1S/C21H21NO5/c1-3-22(4-2)11-15-16(23)7-6-14-20(24)19(27-21(14)15)10-13-5-8-17-18(9-13)26-12-25-17/h5-10,23H,3-4,11-12H2,1-2H3. The van der Waals surface area contributed by atoms with Gasteiger partial charge in [-0.05, 0) is 49.0 Å². The van der Waals surface area contributed by atoms with Gasteiger partial charge in [-0.25, -0.2) is 0 Å². The molecular formula is C21H21NO5. The topological polar surface area (TPSA) is 68.2 Å². The molecule has 2 aliphatic rings. The minimum absolute atomic E-state index is 0.137. The third-order valence-electron chi connectivity index (χ3n) is 4.89. The zero-order valence-corrected chi connectivity index (χ0v) is 15.3. The predicted molar refractivity (Wildman–Crippen MR) is 100 cm³/mol. The Kier molecular flexibility index (Phi) is 4.49. The van der Waals surface area contributed by atoms with Gasteiger partial charge in [-0.2, -0.15) is 0 Å². The van der Waals surface area contributed by atoms with E-state index in [9.17, 15) is 9.90 Å². The van der Waals surface area contributed by atoms with E-state index in [1.54, 1.807) is 24.3 Å². The molecule has 6 nitrogen and oxygen atoms in total. The molecule has 0 fully saturated rings. The third kappa shape index (κ3) is 3.13. The molecule has 0 amide bonds. The summed E-state index contributed by atoms with van der Waals surface area (Å²) in [6.07, 6.45) is 1.68. The second-order valence-electron chi connectivity index (χ2n) is 6.45. The Morgan fingerprint density at radius 2 is 1.89 bits per heavy atom. The largest absolute Gasteiger partial charge is 0.507 e. The number of phenols is 1. The summed E-state index contributed by atoms with van der Waals surface area (Å²) < 4.78 is 16.6. The number of rotatable bonds is 5. The second kappa shape index (κ2) is 6.96. The van der Waals surface area contributed by atoms with Crippen molar-refractivity contribution in [2.24, 2.45) is 0 Å². The van der Waals surface area contributed by atoms with Gasteiger partial charge in [0, 0.05) is 6.54 Å². The molecule has 0 aliphatic carbocycles. The number of benzene rings is 2. The minimum Gasteiger partial charge on any atom is -0.507 e. The first kappa shape index (κ1) is 17.4. The number of ketones is 1. The number of ether oxygens (including phenoxy) is 3. The van der Waals surface area contributed by atoms with Gasteiger partial charge in [0.15, 0.2) is 17.3 Å². The van der Waals surface area contributed by atoms with Crippen molar-refractivity contribution in [2.45, 2.75) is 20.4 Å². The SMILES string of the molecule is CCN(CC)Cc1c(O)ccc2c1OC(=Cc1ccc3c(c1)OCO3)C2=O. The van der Waals surface area contributed by atoms with E-state index in [1.807, 2.05) is 12.1 Å². The second-order valence-corrected chi connectivity index (χ2v) is 6.45. The molecule has 2 aromatic carbocycles. The fourth-order valence-corrected chi connectivity index (χ4v) is 3.27. The third-order valence-corrected chi connectivity index (χ3v) is 4.89. The Labute approximate surface area is 157 Å². The minimum atomic E-state index is -0.191. The molecule has 1 N–H and O–H groups in total. The number of Topliss-reactive ketones (excluding diaryl/α,β-unsaturated/α-hetero) is 1. The van der Waals surface area contributed by atoms with Crippen molar-refractivity contribution < 1.29 is 24.1 Å². The van der Waals surface area contributed by atoms with E-state index in [4.69, 9.17) is 14.2 Å². The Morgan fingerprint density at radius 1 is 1.11 bits per heavy atom. The zero-order valence-electron chi connectivity index (χ0n) is 15.3. The van der Waals surface area contributed by atoms with Crippen molar-refractivity contribution in [3.05, 3.63) is 52.8 Å². The first-order chi connectivity index (χ1) is 13.1. The lowest BCUT2D eigenvalue weighted by atomic mass is 10.0. The molecule has 2 aromatic rings. The first-order valence-electron chi connectivity index (χ1n) is 9.01. The van der Waals surface area contributed by atoms with Crippen molar-refractivity contribution in [1.29, 1.82) is 0 Å². The van der Waals surface area contributed by atoms with Crippen LogP contribution in [0.15, 0.2) is 36.1 Å². The maximum atomic E-state index is 12.8. The zero-order chi connectivity index (χ0) is 19.0. The van der Waals surface area contributed by atoms with Crippen LogP contribution in [0.2, 0.25) is 0 Å². The van der Waals surface area contributed by atoms with Crippen LogP contribution in [0.5, 0.6) is 23.0 Å². The van der Waals surface area contributed by atoms with Gasteiger partial charge in [0.25, 0.3) is 0 Å². The highest BCUT2D eigenvalue weighted by molar-refractivity contribution is 6.15. The van der Waals surface area contributed by atoms with Gasteiger partial charge in [0.05, 0.1) is 11.1 Å². The number of fused-ring (bicyclic) bond motifs is 2. The van der Waals surface area contributed by atoms with E-state index in [0.29, 0.717) is 34.9 Å². The van der Waals surface area contributed by atoms with Gasteiger partial charge in [0.2, 0.25) is 12.6 Å². The predicted octanol–water partition coefficient (Wildman–Crippen LogP) is 3.58. The van der Waals surface area contributed by atoms with Crippen LogP contribution < -0.4 is 14.2 Å². The van der Waals surface area contributed by atoms with E-state index in [2.05, 4.69) is 18.7 Å². The highest BCUT2D eigenvalue weighted by atomic mass is 16.7. The lowest BCUT2D eigenvalue weighted by Crippen LogP contribution is -2.22. The monoisotopic (exact) mass is 367 g/mol. The smallest absolute Gasteiger partial charge is 0.231 e. The Bertz CT molecular complexity index is 930. The molecule has 0 spiro atoms. The quantitative estimate of drug-likeness (QED) is 0.815. The van der Waals surface area contributed by atoms with Gasteiger partial charge in [-0.15, -0.1) is 0 Å². The van der Waals surface area contributed by atoms with Gasteiger partial charge in [-0.1, -0.05) is 19.9 Å². The van der Waals surface area contributed by atoms with E-state index >= 15 is 0 Å². The number of carbonyl (C=O) groups excluding carboxylic acids is 1. The Hall–Kier alpha value is -2.99. The average Bonchev–Trinajstić information content (AvgIpc) is 3.26. The van der Waals surface area contributed by atoms with Gasteiger partial charge < -0.3 is 19.3 Å². The molecule has 27 heavy (non-hydrogen) atoms. The molecular weight excluding hydrogens is 346 g/mol. The van der Waals surface area contributed by atoms with Crippen molar-refractivity contribution in [3.63, 3.8) is 0 Å². The molecule has 0 radical (unpaired) electrons. The lowest BCUT2D eigenvalue weighted by Gasteiger charge is -2.20. The fraction of sp³-hybridized carbons (Fsp3) is 0.286. The van der Waals surface area contributed by atoms with E-state index < -0.39 is 0 Å². The van der Waals surface area contributed by atoms with Crippen LogP contribution in [0.3, 0.4) is 0 Å². The van der Waals surface area contributed by atoms with Crippen LogP contribution in [0.4, 0.5) is 0 Å². The summed E-state index contributed by atoms with van der Waals surface area (Å²) in [5, 5.41) is 10.3. The molecule has 0 saturated heterocycles. The van der Waals surface area contributed by atoms with E-state index in [0.717, 1.165) is 18.7 Å². The lowest BCUT2D eigenvalue weighted by molar-refractivity contribution is 0.101. The number of hydrogen-bond donors (Lipinski definition) is 1. The van der Waals surface area contributed by atoms with Crippen LogP contribution >= 0.6 is 0 Å². The Balaban J connectivity index is 1.67. The van der Waals surface area contributed by atoms with Gasteiger partial charge in [-0.3, -0.25) is 9.69 Å². The normalized spacial score (nSPS) is 16.1. The molecule has 6 heteroatoms. The maximum absolute atomic E-state index is 12.8. The van der Waals surface area contributed by atoms with Crippen LogP contribution in [-0.4, -0.2) is 35.7 Å². The highest BCUT2D eigenvalue weighted by Crippen LogP contribution is 2.40. The molecule has 0 aromatic heterocycles. The van der Waals surface area contributed by atoms with Crippen LogP contribution in [0.25, 0.3) is 6.08 Å². The number of phenolic OH excluding ortho intramolecular Hbond substituents is 1. The molecule has 0 bridgehead atoms. The van der Waals surface area contributed by atoms with Crippen molar-refractivity contribution in [1.82, 2.24) is 4.90 Å². The van der Waals surface area contributed by atoms with Gasteiger partial charge in [0.1, 0.15) is 11.5 Å². The molecule has 0 unspecified atom stereocenters.